The SMILES string of the molecule is CN(CC1(C#N)CCCCC1)C1CCN(C(=O)C2CCC(C(C)(C)C)CC2)CC1. The first-order valence-electron chi connectivity index (χ1n) is 12.1. The summed E-state index contributed by atoms with van der Waals surface area (Å²) >= 11 is 0. The van der Waals surface area contributed by atoms with Gasteiger partial charge in [0.25, 0.3) is 0 Å². The number of hydrogen-bond acceptors (Lipinski definition) is 3. The topological polar surface area (TPSA) is 47.3 Å². The van der Waals surface area contributed by atoms with E-state index < -0.39 is 0 Å². The molecule has 3 aliphatic rings. The molecule has 0 aromatic rings. The number of likely N-dealkylation sites (tertiary alicyclic amines) is 1. The normalized spacial score (nSPS) is 28.9. The maximum atomic E-state index is 13.1. The molecule has 0 unspecified atom stereocenters. The highest BCUT2D eigenvalue weighted by Gasteiger charge is 2.37. The Hall–Kier alpha value is -1.08. The van der Waals surface area contributed by atoms with E-state index in [1.54, 1.807) is 0 Å². The van der Waals surface area contributed by atoms with E-state index in [1.165, 1.54) is 32.1 Å². The summed E-state index contributed by atoms with van der Waals surface area (Å²) in [4.78, 5) is 17.7. The Morgan fingerprint density at radius 3 is 2.14 bits per heavy atom. The van der Waals surface area contributed by atoms with E-state index in [-0.39, 0.29) is 11.3 Å². The number of amides is 1. The Labute approximate surface area is 179 Å². The Morgan fingerprint density at radius 2 is 1.62 bits per heavy atom. The second-order valence-corrected chi connectivity index (χ2v) is 11.3. The van der Waals surface area contributed by atoms with Gasteiger partial charge in [-0.05, 0) is 69.7 Å². The molecule has 1 saturated heterocycles. The highest BCUT2D eigenvalue weighted by Crippen LogP contribution is 2.41. The van der Waals surface area contributed by atoms with E-state index in [0.29, 0.717) is 17.4 Å². The van der Waals surface area contributed by atoms with Crippen LogP contribution in [0.1, 0.15) is 91.4 Å². The second-order valence-electron chi connectivity index (χ2n) is 11.3. The van der Waals surface area contributed by atoms with Gasteiger partial charge in [0, 0.05) is 31.6 Å². The molecule has 0 radical (unpaired) electrons. The third-order valence-electron chi connectivity index (χ3n) is 8.30. The van der Waals surface area contributed by atoms with Crippen molar-refractivity contribution in [3.63, 3.8) is 0 Å². The summed E-state index contributed by atoms with van der Waals surface area (Å²) in [6.45, 7) is 9.71. The summed E-state index contributed by atoms with van der Waals surface area (Å²) in [6, 6.07) is 3.18. The molecule has 29 heavy (non-hydrogen) atoms. The molecule has 0 atom stereocenters. The molecule has 0 aromatic carbocycles. The van der Waals surface area contributed by atoms with Crippen LogP contribution >= 0.6 is 0 Å². The third-order valence-corrected chi connectivity index (χ3v) is 8.30. The van der Waals surface area contributed by atoms with Crippen molar-refractivity contribution in [3.05, 3.63) is 0 Å². The maximum Gasteiger partial charge on any atom is 0.225 e. The van der Waals surface area contributed by atoms with Crippen LogP contribution in [0.15, 0.2) is 0 Å². The van der Waals surface area contributed by atoms with Crippen LogP contribution in [-0.4, -0.2) is 48.4 Å². The van der Waals surface area contributed by atoms with Crippen molar-refractivity contribution in [2.45, 2.75) is 97.4 Å². The van der Waals surface area contributed by atoms with Crippen LogP contribution in [0.4, 0.5) is 0 Å². The maximum absolute atomic E-state index is 13.1. The molecule has 0 spiro atoms. The summed E-state index contributed by atoms with van der Waals surface area (Å²) in [6.07, 6.45) is 12.5. The highest BCUT2D eigenvalue weighted by molar-refractivity contribution is 5.79. The summed E-state index contributed by atoms with van der Waals surface area (Å²) < 4.78 is 0. The number of piperidine rings is 1. The highest BCUT2D eigenvalue weighted by atomic mass is 16.2. The first-order valence-corrected chi connectivity index (χ1v) is 12.1. The van der Waals surface area contributed by atoms with Crippen LogP contribution in [-0.2, 0) is 4.79 Å². The van der Waals surface area contributed by atoms with Crippen molar-refractivity contribution in [2.24, 2.45) is 22.7 Å². The second kappa shape index (κ2) is 9.38. The number of rotatable bonds is 4. The van der Waals surface area contributed by atoms with Crippen molar-refractivity contribution in [2.75, 3.05) is 26.7 Å². The van der Waals surface area contributed by atoms with Crippen molar-refractivity contribution < 1.29 is 4.79 Å². The minimum atomic E-state index is -0.133. The first-order chi connectivity index (χ1) is 13.7. The monoisotopic (exact) mass is 401 g/mol. The van der Waals surface area contributed by atoms with E-state index in [0.717, 1.165) is 64.1 Å². The number of carbonyl (C=O) groups excluding carboxylic acids is 1. The average Bonchev–Trinajstić information content (AvgIpc) is 2.73. The zero-order valence-electron chi connectivity index (χ0n) is 19.4. The van der Waals surface area contributed by atoms with Gasteiger partial charge in [0.2, 0.25) is 5.91 Å². The van der Waals surface area contributed by atoms with Gasteiger partial charge in [-0.1, -0.05) is 40.0 Å². The Bertz CT molecular complexity index is 580. The molecule has 4 nitrogen and oxygen atoms in total. The molecule has 164 valence electrons. The number of nitriles is 1. The van der Waals surface area contributed by atoms with Gasteiger partial charge >= 0.3 is 0 Å². The van der Waals surface area contributed by atoms with Crippen LogP contribution in [0.25, 0.3) is 0 Å². The Balaban J connectivity index is 1.45. The van der Waals surface area contributed by atoms with Gasteiger partial charge in [-0.25, -0.2) is 0 Å². The molecule has 1 amide bonds. The average molecular weight is 402 g/mol. The molecule has 3 rings (SSSR count). The zero-order chi connectivity index (χ0) is 21.1. The molecule has 1 aliphatic heterocycles. The predicted molar refractivity (Wildman–Crippen MR) is 118 cm³/mol. The zero-order valence-corrected chi connectivity index (χ0v) is 19.4. The van der Waals surface area contributed by atoms with Gasteiger partial charge in [0.05, 0.1) is 11.5 Å². The Morgan fingerprint density at radius 1 is 1.03 bits per heavy atom. The van der Waals surface area contributed by atoms with Crippen LogP contribution < -0.4 is 0 Å². The minimum absolute atomic E-state index is 0.133. The van der Waals surface area contributed by atoms with Gasteiger partial charge in [-0.3, -0.25) is 4.79 Å². The van der Waals surface area contributed by atoms with Crippen LogP contribution in [0.2, 0.25) is 0 Å². The van der Waals surface area contributed by atoms with E-state index >= 15 is 0 Å². The van der Waals surface area contributed by atoms with Gasteiger partial charge in [-0.2, -0.15) is 5.26 Å². The molecule has 2 aliphatic carbocycles. The molecule has 1 heterocycles. The molecule has 3 fully saturated rings. The molecular formula is C25H43N3O. The van der Waals surface area contributed by atoms with Gasteiger partial charge < -0.3 is 9.80 Å². The quantitative estimate of drug-likeness (QED) is 0.647. The van der Waals surface area contributed by atoms with E-state index in [1.807, 2.05) is 0 Å². The van der Waals surface area contributed by atoms with Crippen molar-refractivity contribution in [3.8, 4) is 6.07 Å². The van der Waals surface area contributed by atoms with Crippen molar-refractivity contribution in [1.82, 2.24) is 9.80 Å². The van der Waals surface area contributed by atoms with Crippen LogP contribution in [0, 0.1) is 34.0 Å². The lowest BCUT2D eigenvalue weighted by molar-refractivity contribution is -0.138. The van der Waals surface area contributed by atoms with Crippen LogP contribution in [0.3, 0.4) is 0 Å². The smallest absolute Gasteiger partial charge is 0.225 e. The van der Waals surface area contributed by atoms with Gasteiger partial charge in [-0.15, -0.1) is 0 Å². The fourth-order valence-corrected chi connectivity index (χ4v) is 6.13. The van der Waals surface area contributed by atoms with Gasteiger partial charge in [0.15, 0.2) is 0 Å². The lowest BCUT2D eigenvalue weighted by atomic mass is 9.69. The number of carbonyl (C=O) groups is 1. The van der Waals surface area contributed by atoms with E-state index in [2.05, 4.69) is 43.7 Å². The third kappa shape index (κ3) is 5.54. The Kier molecular flexibility index (Phi) is 7.31. The predicted octanol–water partition coefficient (Wildman–Crippen LogP) is 5.24. The van der Waals surface area contributed by atoms with E-state index in [4.69, 9.17) is 0 Å². The fraction of sp³-hybridized carbons (Fsp3) is 0.920. The summed E-state index contributed by atoms with van der Waals surface area (Å²) in [7, 11) is 2.20. The lowest BCUT2D eigenvalue weighted by Gasteiger charge is -2.42. The fourth-order valence-electron chi connectivity index (χ4n) is 6.13. The van der Waals surface area contributed by atoms with Crippen molar-refractivity contribution in [1.29, 1.82) is 5.26 Å². The lowest BCUT2D eigenvalue weighted by Crippen LogP contribution is -2.49. The summed E-state index contributed by atoms with van der Waals surface area (Å²) in [5.41, 5.74) is 0.238. The van der Waals surface area contributed by atoms with E-state index in [9.17, 15) is 10.1 Å². The molecule has 4 heteroatoms. The molecule has 0 N–H and O–H groups in total. The molecular weight excluding hydrogens is 358 g/mol. The van der Waals surface area contributed by atoms with Crippen molar-refractivity contribution >= 4 is 5.91 Å². The van der Waals surface area contributed by atoms with Crippen LogP contribution in [0.5, 0.6) is 0 Å². The number of hydrogen-bond donors (Lipinski definition) is 0. The number of nitrogens with zero attached hydrogens (tertiary/aromatic N) is 3. The first kappa shape index (κ1) is 22.6. The largest absolute Gasteiger partial charge is 0.342 e. The molecule has 2 saturated carbocycles. The molecule has 0 aromatic heterocycles. The van der Waals surface area contributed by atoms with Gasteiger partial charge in [0.1, 0.15) is 0 Å². The standard InChI is InChI=1S/C25H43N3O/c1-24(2,3)21-10-8-20(9-11-21)23(29)28-16-12-22(13-17-28)27(4)19-25(18-26)14-6-5-7-15-25/h20-22H,5-17,19H2,1-4H3. The summed E-state index contributed by atoms with van der Waals surface area (Å²) in [5.74, 6) is 1.43. The molecule has 0 bridgehead atoms. The summed E-state index contributed by atoms with van der Waals surface area (Å²) in [5, 5.41) is 9.79. The minimum Gasteiger partial charge on any atom is -0.342 e.